The second kappa shape index (κ2) is 7.61. The number of hydrogen-bond donors (Lipinski definition) is 1. The Morgan fingerprint density at radius 3 is 2.00 bits per heavy atom. The van der Waals surface area contributed by atoms with Crippen LogP contribution in [0.15, 0.2) is 0 Å². The summed E-state index contributed by atoms with van der Waals surface area (Å²) in [4.78, 5) is 44.6. The molecule has 0 saturated heterocycles. The molecule has 0 aliphatic rings. The molecule has 21 heavy (non-hydrogen) atoms. The minimum atomic E-state index is -1.65. The standard InChI is InChI=1S/C13H20O8/c1-7(12(18)21-13(3,4)5)19-10(15)6-9(11(16)17)20-8(2)14/h7,9H,6H2,1-5H3,(H,16,17). The van der Waals surface area contributed by atoms with E-state index < -0.39 is 48.1 Å². The van der Waals surface area contributed by atoms with Crippen molar-refractivity contribution in [3.63, 3.8) is 0 Å². The maximum Gasteiger partial charge on any atom is 0.347 e. The first kappa shape index (κ1) is 18.9. The van der Waals surface area contributed by atoms with Gasteiger partial charge in [-0.05, 0) is 27.7 Å². The summed E-state index contributed by atoms with van der Waals surface area (Å²) in [7, 11) is 0. The number of carboxylic acid groups (broad SMARTS) is 1. The molecule has 0 aliphatic heterocycles. The van der Waals surface area contributed by atoms with E-state index in [2.05, 4.69) is 4.74 Å². The topological polar surface area (TPSA) is 116 Å². The summed E-state index contributed by atoms with van der Waals surface area (Å²) >= 11 is 0. The van der Waals surface area contributed by atoms with Gasteiger partial charge < -0.3 is 19.3 Å². The van der Waals surface area contributed by atoms with E-state index in [-0.39, 0.29) is 0 Å². The third-order valence-corrected chi connectivity index (χ3v) is 1.98. The van der Waals surface area contributed by atoms with Crippen molar-refractivity contribution in [2.24, 2.45) is 0 Å². The summed E-state index contributed by atoms with van der Waals surface area (Å²) in [6.45, 7) is 7.28. The van der Waals surface area contributed by atoms with E-state index in [1.165, 1.54) is 6.92 Å². The van der Waals surface area contributed by atoms with Gasteiger partial charge in [0.1, 0.15) is 5.60 Å². The average Bonchev–Trinajstić information content (AvgIpc) is 2.24. The number of carbonyl (C=O) groups excluding carboxylic acids is 3. The van der Waals surface area contributed by atoms with E-state index in [1.54, 1.807) is 20.8 Å². The van der Waals surface area contributed by atoms with Gasteiger partial charge >= 0.3 is 23.9 Å². The molecule has 1 N–H and O–H groups in total. The highest BCUT2D eigenvalue weighted by Crippen LogP contribution is 2.11. The van der Waals surface area contributed by atoms with Crippen molar-refractivity contribution in [3.05, 3.63) is 0 Å². The van der Waals surface area contributed by atoms with Crippen LogP contribution in [0.5, 0.6) is 0 Å². The molecule has 0 bridgehead atoms. The monoisotopic (exact) mass is 304 g/mol. The number of carbonyl (C=O) groups is 4. The Morgan fingerprint density at radius 1 is 1.10 bits per heavy atom. The SMILES string of the molecule is CC(=O)OC(CC(=O)OC(C)C(=O)OC(C)(C)C)C(=O)O. The quantitative estimate of drug-likeness (QED) is 0.562. The van der Waals surface area contributed by atoms with Crippen molar-refractivity contribution >= 4 is 23.9 Å². The normalized spacial score (nSPS) is 13.8. The van der Waals surface area contributed by atoms with Gasteiger partial charge in [-0.2, -0.15) is 0 Å². The van der Waals surface area contributed by atoms with E-state index in [0.717, 1.165) is 6.92 Å². The molecule has 0 aromatic carbocycles. The molecule has 0 spiro atoms. The third-order valence-electron chi connectivity index (χ3n) is 1.98. The first-order valence-electron chi connectivity index (χ1n) is 6.24. The Kier molecular flexibility index (Phi) is 6.84. The Hall–Kier alpha value is -2.12. The zero-order valence-corrected chi connectivity index (χ0v) is 12.7. The molecular formula is C13H20O8. The number of aliphatic carboxylic acids is 1. The Morgan fingerprint density at radius 2 is 1.62 bits per heavy atom. The molecular weight excluding hydrogens is 284 g/mol. The van der Waals surface area contributed by atoms with Gasteiger partial charge in [-0.25, -0.2) is 9.59 Å². The van der Waals surface area contributed by atoms with Crippen LogP contribution in [0.25, 0.3) is 0 Å². The lowest BCUT2D eigenvalue weighted by atomic mass is 10.2. The lowest BCUT2D eigenvalue weighted by molar-refractivity contribution is -0.178. The number of carboxylic acids is 1. The van der Waals surface area contributed by atoms with Crippen LogP contribution in [0.2, 0.25) is 0 Å². The molecule has 0 rings (SSSR count). The fraction of sp³-hybridized carbons (Fsp3) is 0.692. The van der Waals surface area contributed by atoms with Gasteiger partial charge in [0.05, 0.1) is 6.42 Å². The second-order valence-electron chi connectivity index (χ2n) is 5.31. The summed E-state index contributed by atoms with van der Waals surface area (Å²) in [6.07, 6.45) is -3.54. The fourth-order valence-electron chi connectivity index (χ4n) is 1.21. The van der Waals surface area contributed by atoms with E-state index in [9.17, 15) is 19.2 Å². The Balaban J connectivity index is 4.50. The van der Waals surface area contributed by atoms with E-state index in [1.807, 2.05) is 0 Å². The van der Waals surface area contributed by atoms with Crippen molar-refractivity contribution < 1.29 is 38.5 Å². The third kappa shape index (κ3) is 8.61. The van der Waals surface area contributed by atoms with Gasteiger partial charge in [-0.3, -0.25) is 9.59 Å². The van der Waals surface area contributed by atoms with Gasteiger partial charge in [-0.1, -0.05) is 0 Å². The number of hydrogen-bond acceptors (Lipinski definition) is 7. The van der Waals surface area contributed by atoms with Crippen LogP contribution in [0.1, 0.15) is 41.0 Å². The Bertz CT molecular complexity index is 420. The van der Waals surface area contributed by atoms with Crippen LogP contribution < -0.4 is 0 Å². The van der Waals surface area contributed by atoms with Gasteiger partial charge in [0.2, 0.25) is 6.10 Å². The number of esters is 3. The molecule has 8 nitrogen and oxygen atoms in total. The molecule has 0 fully saturated rings. The molecule has 0 saturated carbocycles. The molecule has 8 heteroatoms. The zero-order chi connectivity index (χ0) is 16.8. The smallest absolute Gasteiger partial charge is 0.347 e. The average molecular weight is 304 g/mol. The summed E-state index contributed by atoms with van der Waals surface area (Å²) in [5.74, 6) is -4.06. The van der Waals surface area contributed by atoms with Crippen molar-refractivity contribution in [1.82, 2.24) is 0 Å². The van der Waals surface area contributed by atoms with E-state index in [4.69, 9.17) is 14.6 Å². The predicted molar refractivity (Wildman–Crippen MR) is 69.2 cm³/mol. The molecule has 2 unspecified atom stereocenters. The van der Waals surface area contributed by atoms with Crippen molar-refractivity contribution in [2.75, 3.05) is 0 Å². The predicted octanol–water partition coefficient (Wildman–Crippen LogP) is 0.666. The molecule has 0 aliphatic carbocycles. The highest BCUT2D eigenvalue weighted by molar-refractivity contribution is 5.84. The van der Waals surface area contributed by atoms with E-state index >= 15 is 0 Å². The highest BCUT2D eigenvalue weighted by Gasteiger charge is 2.29. The number of ether oxygens (including phenoxy) is 3. The molecule has 0 heterocycles. The summed E-state index contributed by atoms with van der Waals surface area (Å²) in [5, 5.41) is 8.79. The van der Waals surface area contributed by atoms with Gasteiger partial charge in [0, 0.05) is 6.92 Å². The van der Waals surface area contributed by atoms with Gasteiger partial charge in [0.15, 0.2) is 6.10 Å². The van der Waals surface area contributed by atoms with Crippen LogP contribution in [0.4, 0.5) is 0 Å². The minimum Gasteiger partial charge on any atom is -0.478 e. The van der Waals surface area contributed by atoms with Gasteiger partial charge in [-0.15, -0.1) is 0 Å². The Labute approximate surface area is 122 Å². The van der Waals surface area contributed by atoms with Crippen LogP contribution >= 0.6 is 0 Å². The molecule has 0 aromatic heterocycles. The van der Waals surface area contributed by atoms with Crippen molar-refractivity contribution in [1.29, 1.82) is 0 Å². The molecule has 0 amide bonds. The van der Waals surface area contributed by atoms with Crippen LogP contribution in [0.3, 0.4) is 0 Å². The summed E-state index contributed by atoms with van der Waals surface area (Å²) < 4.78 is 14.2. The minimum absolute atomic E-state index is 0.692. The lowest BCUT2D eigenvalue weighted by Crippen LogP contribution is -2.35. The summed E-state index contributed by atoms with van der Waals surface area (Å²) in [5.41, 5.74) is -0.737. The molecule has 0 radical (unpaired) electrons. The summed E-state index contributed by atoms with van der Waals surface area (Å²) in [6, 6.07) is 0. The maximum atomic E-state index is 11.6. The lowest BCUT2D eigenvalue weighted by Gasteiger charge is -2.22. The zero-order valence-electron chi connectivity index (χ0n) is 12.7. The maximum absolute atomic E-state index is 11.6. The molecule has 0 aromatic rings. The van der Waals surface area contributed by atoms with Crippen LogP contribution in [-0.4, -0.2) is 46.8 Å². The molecule has 2 atom stereocenters. The first-order chi connectivity index (χ1) is 9.42. The van der Waals surface area contributed by atoms with Crippen molar-refractivity contribution in [2.45, 2.75) is 58.8 Å². The number of rotatable bonds is 6. The molecule has 120 valence electrons. The second-order valence-corrected chi connectivity index (χ2v) is 5.31. The highest BCUT2D eigenvalue weighted by atomic mass is 16.6. The van der Waals surface area contributed by atoms with Crippen LogP contribution in [-0.2, 0) is 33.4 Å². The van der Waals surface area contributed by atoms with Crippen LogP contribution in [0, 0.1) is 0 Å². The van der Waals surface area contributed by atoms with Crippen molar-refractivity contribution in [3.8, 4) is 0 Å². The first-order valence-corrected chi connectivity index (χ1v) is 6.24. The fourth-order valence-corrected chi connectivity index (χ4v) is 1.21. The van der Waals surface area contributed by atoms with Gasteiger partial charge in [0.25, 0.3) is 0 Å². The van der Waals surface area contributed by atoms with E-state index in [0.29, 0.717) is 0 Å². The largest absolute Gasteiger partial charge is 0.478 e.